The van der Waals surface area contributed by atoms with Crippen molar-refractivity contribution in [3.63, 3.8) is 0 Å². The van der Waals surface area contributed by atoms with Gasteiger partial charge in [0.05, 0.1) is 7.11 Å². The number of allylic oxidation sites excluding steroid dienone is 4. The zero-order valence-corrected chi connectivity index (χ0v) is 19.9. The summed E-state index contributed by atoms with van der Waals surface area (Å²) < 4.78 is 10.8. The summed E-state index contributed by atoms with van der Waals surface area (Å²) in [4.78, 5) is 11.6. The van der Waals surface area contributed by atoms with Crippen molar-refractivity contribution in [3.8, 4) is 23.0 Å². The maximum atomic E-state index is 11.6. The molecule has 0 amide bonds. The number of phenols is 2. The molecule has 0 bridgehead atoms. The highest BCUT2D eigenvalue weighted by molar-refractivity contribution is 5.70. The lowest BCUT2D eigenvalue weighted by molar-refractivity contribution is -0.131. The summed E-state index contributed by atoms with van der Waals surface area (Å²) in [5.41, 5.74) is 6.01. The first-order valence-corrected chi connectivity index (χ1v) is 10.8. The van der Waals surface area contributed by atoms with Gasteiger partial charge in [0.2, 0.25) is 0 Å². The fraction of sp³-hybridized carbons (Fsp3) is 0.370. The van der Waals surface area contributed by atoms with Crippen LogP contribution in [-0.4, -0.2) is 23.3 Å². The third-order valence-corrected chi connectivity index (χ3v) is 5.08. The van der Waals surface area contributed by atoms with Crippen molar-refractivity contribution in [3.05, 3.63) is 69.8 Å². The quantitative estimate of drug-likeness (QED) is 0.292. The Labute approximate surface area is 191 Å². The number of aromatic hydroxyl groups is 2. The van der Waals surface area contributed by atoms with E-state index in [0.29, 0.717) is 37.2 Å². The molecule has 2 rings (SSSR count). The Bertz CT molecular complexity index is 1020. The molecule has 0 saturated heterocycles. The van der Waals surface area contributed by atoms with Crippen LogP contribution in [0.25, 0.3) is 0 Å². The molecule has 0 aliphatic heterocycles. The fourth-order valence-corrected chi connectivity index (χ4v) is 3.56. The molecule has 0 aliphatic rings. The number of benzene rings is 2. The lowest BCUT2D eigenvalue weighted by Crippen LogP contribution is -2.07. The van der Waals surface area contributed by atoms with Crippen LogP contribution >= 0.6 is 0 Å². The van der Waals surface area contributed by atoms with Gasteiger partial charge >= 0.3 is 5.97 Å². The predicted octanol–water partition coefficient (Wildman–Crippen LogP) is 5.83. The van der Waals surface area contributed by atoms with E-state index >= 15 is 0 Å². The Balaban J connectivity index is 2.40. The Morgan fingerprint density at radius 1 is 0.875 bits per heavy atom. The smallest absolute Gasteiger partial charge is 0.308 e. The molecule has 32 heavy (non-hydrogen) atoms. The largest absolute Gasteiger partial charge is 0.508 e. The van der Waals surface area contributed by atoms with Crippen LogP contribution in [0.1, 0.15) is 56.9 Å². The highest BCUT2D eigenvalue weighted by atomic mass is 16.5. The van der Waals surface area contributed by atoms with Gasteiger partial charge in [0.25, 0.3) is 0 Å². The van der Waals surface area contributed by atoms with Crippen LogP contribution in [0.15, 0.2) is 47.6 Å². The van der Waals surface area contributed by atoms with Crippen LogP contribution < -0.4 is 9.47 Å². The van der Waals surface area contributed by atoms with Crippen LogP contribution in [0.2, 0.25) is 0 Å². The number of phenolic OH excluding ortho intramolecular Hbond substituents is 2. The number of methoxy groups -OCH3 is 1. The Hall–Kier alpha value is -3.21. The Kier molecular flexibility index (Phi) is 8.94. The summed E-state index contributed by atoms with van der Waals surface area (Å²) in [6.07, 6.45) is 6.69. The Morgan fingerprint density at radius 3 is 2.12 bits per heavy atom. The van der Waals surface area contributed by atoms with Gasteiger partial charge in [-0.15, -0.1) is 0 Å². The molecule has 5 nitrogen and oxygen atoms in total. The van der Waals surface area contributed by atoms with Gasteiger partial charge in [-0.3, -0.25) is 4.79 Å². The highest BCUT2D eigenvalue weighted by Crippen LogP contribution is 2.34. The second-order valence-corrected chi connectivity index (χ2v) is 8.45. The fourth-order valence-electron chi connectivity index (χ4n) is 3.56. The molecule has 2 N–H and O–H groups in total. The zero-order chi connectivity index (χ0) is 23.8. The molecule has 0 heterocycles. The molecular weight excluding hydrogens is 404 g/mol. The number of carbonyl (C=O) groups excluding carboxylic acids is 1. The standard InChI is InChI=1S/C27H34O5/c1-17(2)7-10-22-13-20(14-25(30)27(22)31-6)9-11-21-15-23(29)16-26(32-19(5)28)24(21)12-8-18(3)4/h7-8,13-16,29-30H,9-12H2,1-6H3. The van der Waals surface area contributed by atoms with Gasteiger partial charge in [0.1, 0.15) is 11.5 Å². The molecule has 0 aliphatic carbocycles. The van der Waals surface area contributed by atoms with E-state index in [4.69, 9.17) is 9.47 Å². The topological polar surface area (TPSA) is 76.0 Å². The van der Waals surface area contributed by atoms with Gasteiger partial charge in [0.15, 0.2) is 11.5 Å². The molecular formula is C27H34O5. The summed E-state index contributed by atoms with van der Waals surface area (Å²) in [5.74, 6) is 0.614. The van der Waals surface area contributed by atoms with Crippen molar-refractivity contribution in [2.24, 2.45) is 0 Å². The van der Waals surface area contributed by atoms with E-state index in [0.717, 1.165) is 27.8 Å². The van der Waals surface area contributed by atoms with Crippen LogP contribution in [0.4, 0.5) is 0 Å². The monoisotopic (exact) mass is 438 g/mol. The van der Waals surface area contributed by atoms with E-state index in [9.17, 15) is 15.0 Å². The molecule has 2 aromatic rings. The molecule has 2 aromatic carbocycles. The summed E-state index contributed by atoms with van der Waals surface area (Å²) in [6, 6.07) is 6.96. The number of hydrogen-bond acceptors (Lipinski definition) is 5. The number of esters is 1. The third kappa shape index (κ3) is 7.19. The van der Waals surface area contributed by atoms with Gasteiger partial charge < -0.3 is 19.7 Å². The zero-order valence-electron chi connectivity index (χ0n) is 19.9. The van der Waals surface area contributed by atoms with Crippen LogP contribution in [0.3, 0.4) is 0 Å². The minimum Gasteiger partial charge on any atom is -0.508 e. The SMILES string of the molecule is COc1c(O)cc(CCc2cc(O)cc(OC(C)=O)c2CC=C(C)C)cc1CC=C(C)C. The average molecular weight is 439 g/mol. The van der Waals surface area contributed by atoms with Crippen molar-refractivity contribution in [1.29, 1.82) is 0 Å². The maximum absolute atomic E-state index is 11.6. The summed E-state index contributed by atoms with van der Waals surface area (Å²) in [6.45, 7) is 9.45. The van der Waals surface area contributed by atoms with Crippen LogP contribution in [0, 0.1) is 0 Å². The van der Waals surface area contributed by atoms with Crippen molar-refractivity contribution in [2.45, 2.75) is 60.3 Å². The molecule has 0 radical (unpaired) electrons. The molecule has 0 saturated carbocycles. The van der Waals surface area contributed by atoms with Crippen LogP contribution in [0.5, 0.6) is 23.0 Å². The second kappa shape index (κ2) is 11.4. The molecule has 0 spiro atoms. The summed E-state index contributed by atoms with van der Waals surface area (Å²) in [7, 11) is 1.56. The molecule has 0 unspecified atom stereocenters. The van der Waals surface area contributed by atoms with Crippen LogP contribution in [-0.2, 0) is 30.5 Å². The average Bonchev–Trinajstić information content (AvgIpc) is 2.68. The first kappa shape index (κ1) is 25.1. The van der Waals surface area contributed by atoms with Crippen molar-refractivity contribution < 1.29 is 24.5 Å². The minimum atomic E-state index is -0.427. The lowest BCUT2D eigenvalue weighted by Gasteiger charge is -2.16. The van der Waals surface area contributed by atoms with Gasteiger partial charge in [-0.05, 0) is 76.6 Å². The molecule has 0 fully saturated rings. The van der Waals surface area contributed by atoms with E-state index in [1.54, 1.807) is 19.2 Å². The van der Waals surface area contributed by atoms with E-state index in [-0.39, 0.29) is 11.5 Å². The van der Waals surface area contributed by atoms with E-state index in [1.807, 2.05) is 33.8 Å². The second-order valence-electron chi connectivity index (χ2n) is 8.45. The van der Waals surface area contributed by atoms with Gasteiger partial charge in [-0.1, -0.05) is 29.4 Å². The third-order valence-electron chi connectivity index (χ3n) is 5.08. The van der Waals surface area contributed by atoms with E-state index < -0.39 is 5.97 Å². The first-order valence-electron chi connectivity index (χ1n) is 10.8. The van der Waals surface area contributed by atoms with Gasteiger partial charge in [-0.25, -0.2) is 0 Å². The summed E-state index contributed by atoms with van der Waals surface area (Å²) >= 11 is 0. The molecule has 172 valence electrons. The maximum Gasteiger partial charge on any atom is 0.308 e. The number of rotatable bonds is 9. The first-order chi connectivity index (χ1) is 15.1. The summed E-state index contributed by atoms with van der Waals surface area (Å²) in [5, 5.41) is 20.7. The molecule has 5 heteroatoms. The van der Waals surface area contributed by atoms with Crippen molar-refractivity contribution >= 4 is 5.97 Å². The molecule has 0 aromatic heterocycles. The lowest BCUT2D eigenvalue weighted by atomic mass is 9.94. The van der Waals surface area contributed by atoms with E-state index in [2.05, 4.69) is 12.2 Å². The van der Waals surface area contributed by atoms with Crippen molar-refractivity contribution in [2.75, 3.05) is 7.11 Å². The number of carbonyl (C=O) groups is 1. The number of aryl methyl sites for hydroxylation is 2. The molecule has 0 atom stereocenters. The Morgan fingerprint density at radius 2 is 1.53 bits per heavy atom. The predicted molar refractivity (Wildman–Crippen MR) is 128 cm³/mol. The normalized spacial score (nSPS) is 10.4. The van der Waals surface area contributed by atoms with Gasteiger partial charge in [0, 0.05) is 24.1 Å². The van der Waals surface area contributed by atoms with Gasteiger partial charge in [-0.2, -0.15) is 0 Å². The highest BCUT2D eigenvalue weighted by Gasteiger charge is 2.15. The van der Waals surface area contributed by atoms with Crippen molar-refractivity contribution in [1.82, 2.24) is 0 Å². The minimum absolute atomic E-state index is 0.0547. The number of ether oxygens (including phenoxy) is 2. The number of hydrogen-bond donors (Lipinski definition) is 2. The van der Waals surface area contributed by atoms with E-state index in [1.165, 1.54) is 18.6 Å².